The summed E-state index contributed by atoms with van der Waals surface area (Å²) in [6, 6.07) is 8.73. The topological polar surface area (TPSA) is 161 Å². The number of aromatic nitrogens is 2. The van der Waals surface area contributed by atoms with E-state index in [0.717, 1.165) is 16.8 Å². The highest BCUT2D eigenvalue weighted by Gasteiger charge is 2.32. The second-order valence-corrected chi connectivity index (χ2v) is 11.2. The van der Waals surface area contributed by atoms with Crippen LogP contribution in [0, 0.1) is 0 Å². The SMILES string of the molecule is C=C[C@H](O)[C@@H](COP(=S)(NC(C)C(=O)OC(C)C)Oc1ccccc1)O[C@H](CO)n1ccc(=O)[nH]c1=O. The molecule has 2 aromatic rings. The van der Waals surface area contributed by atoms with E-state index in [1.165, 1.54) is 6.08 Å². The third-order valence-corrected chi connectivity index (χ3v) is 7.21. The monoisotopic (exact) mass is 557 g/mol. The summed E-state index contributed by atoms with van der Waals surface area (Å²) in [5, 5.41) is 23.2. The quantitative estimate of drug-likeness (QED) is 0.142. The molecule has 1 heterocycles. The van der Waals surface area contributed by atoms with Crippen LogP contribution in [0.5, 0.6) is 5.75 Å². The summed E-state index contributed by atoms with van der Waals surface area (Å²) in [5.41, 5.74) is -1.45. The molecule has 1 aromatic carbocycles. The van der Waals surface area contributed by atoms with Gasteiger partial charge in [-0.15, -0.1) is 6.58 Å². The van der Waals surface area contributed by atoms with Crippen molar-refractivity contribution in [1.29, 1.82) is 0 Å². The van der Waals surface area contributed by atoms with E-state index in [-0.39, 0.29) is 12.7 Å². The van der Waals surface area contributed by atoms with E-state index in [1.807, 2.05) is 0 Å². The van der Waals surface area contributed by atoms with Gasteiger partial charge in [-0.25, -0.2) is 9.88 Å². The van der Waals surface area contributed by atoms with Crippen LogP contribution in [0.25, 0.3) is 0 Å². The number of nitrogens with one attached hydrogen (secondary N) is 2. The zero-order chi connectivity index (χ0) is 27.6. The van der Waals surface area contributed by atoms with Crippen molar-refractivity contribution in [3.05, 3.63) is 76.1 Å². The normalized spacial score (nSPS) is 16.3. The van der Waals surface area contributed by atoms with Crippen molar-refractivity contribution in [1.82, 2.24) is 14.6 Å². The Morgan fingerprint density at radius 2 is 1.92 bits per heavy atom. The lowest BCUT2D eigenvalue weighted by atomic mass is 10.2. The summed E-state index contributed by atoms with van der Waals surface area (Å²) in [4.78, 5) is 38.0. The standard InChI is InChI=1S/C23H32N3O9PS/c1-5-18(28)19(34-21(13-27)26-12-11-20(29)24-23(26)31)14-32-36(37,35-17-9-7-6-8-10-17)25-16(4)22(30)33-15(2)3/h5-12,15-16,18-19,21,27-28H,1,13-14H2,2-4H3,(H,25,37)(H,24,29,31)/t16?,18-,19+,21+,36?/m0/s1. The Morgan fingerprint density at radius 1 is 1.24 bits per heavy atom. The third kappa shape index (κ3) is 9.63. The van der Waals surface area contributed by atoms with Crippen LogP contribution in [-0.4, -0.2) is 63.3 Å². The van der Waals surface area contributed by atoms with Gasteiger partial charge in [-0.3, -0.25) is 19.1 Å². The van der Waals surface area contributed by atoms with Crippen molar-refractivity contribution in [2.75, 3.05) is 13.2 Å². The molecular formula is C23H32N3O9PS. The van der Waals surface area contributed by atoms with Gasteiger partial charge in [0.05, 0.1) is 19.3 Å². The lowest BCUT2D eigenvalue weighted by Gasteiger charge is -2.31. The number of carbonyl (C=O) groups is 1. The second-order valence-electron chi connectivity index (χ2n) is 8.09. The Balaban J connectivity index is 2.27. The maximum absolute atomic E-state index is 12.4. The van der Waals surface area contributed by atoms with E-state index >= 15 is 0 Å². The summed E-state index contributed by atoms with van der Waals surface area (Å²) in [6.45, 7) is 3.99. The van der Waals surface area contributed by atoms with Crippen LogP contribution in [0.2, 0.25) is 0 Å². The second kappa shape index (κ2) is 14.3. The van der Waals surface area contributed by atoms with Gasteiger partial charge in [0, 0.05) is 12.3 Å². The number of ether oxygens (including phenoxy) is 2. The van der Waals surface area contributed by atoms with E-state index in [2.05, 4.69) is 16.7 Å². The number of aromatic amines is 1. The highest BCUT2D eigenvalue weighted by molar-refractivity contribution is 8.09. The molecule has 37 heavy (non-hydrogen) atoms. The van der Waals surface area contributed by atoms with E-state index in [9.17, 15) is 24.6 Å². The summed E-state index contributed by atoms with van der Waals surface area (Å²) in [5.74, 6) is -0.196. The molecule has 0 saturated heterocycles. The van der Waals surface area contributed by atoms with Gasteiger partial charge in [-0.1, -0.05) is 24.3 Å². The first kappa shape index (κ1) is 30.6. The average molecular weight is 558 g/mol. The van der Waals surface area contributed by atoms with E-state index in [4.69, 9.17) is 30.3 Å². The number of aliphatic hydroxyl groups is 2. The van der Waals surface area contributed by atoms with Crippen LogP contribution < -0.4 is 20.9 Å². The van der Waals surface area contributed by atoms with E-state index in [1.54, 1.807) is 51.1 Å². The number of benzene rings is 1. The Labute approximate surface area is 219 Å². The molecule has 0 saturated carbocycles. The number of aliphatic hydroxyl groups excluding tert-OH is 2. The van der Waals surface area contributed by atoms with E-state index < -0.39 is 54.9 Å². The minimum atomic E-state index is -3.46. The maximum Gasteiger partial charge on any atom is 0.330 e. The van der Waals surface area contributed by atoms with Crippen molar-refractivity contribution < 1.29 is 33.5 Å². The van der Waals surface area contributed by atoms with Gasteiger partial charge in [0.25, 0.3) is 5.56 Å². The Kier molecular flexibility index (Phi) is 11.9. The zero-order valence-electron chi connectivity index (χ0n) is 20.7. The van der Waals surface area contributed by atoms with Gasteiger partial charge < -0.3 is 28.7 Å². The molecule has 5 atom stereocenters. The highest BCUT2D eigenvalue weighted by Crippen LogP contribution is 2.45. The number of hydrogen-bond donors (Lipinski definition) is 4. The molecule has 14 heteroatoms. The molecule has 0 spiro atoms. The lowest BCUT2D eigenvalue weighted by molar-refractivity contribution is -0.149. The predicted molar refractivity (Wildman–Crippen MR) is 140 cm³/mol. The number of H-pyrrole nitrogens is 1. The molecule has 0 amide bonds. The Hall–Kier alpha value is -2.64. The smallest absolute Gasteiger partial charge is 0.330 e. The average Bonchev–Trinajstić information content (AvgIpc) is 2.84. The molecule has 0 aliphatic rings. The fraction of sp³-hybridized carbons (Fsp3) is 0.435. The van der Waals surface area contributed by atoms with Gasteiger partial charge >= 0.3 is 18.3 Å². The fourth-order valence-corrected chi connectivity index (χ4v) is 5.35. The largest absolute Gasteiger partial charge is 0.462 e. The van der Waals surface area contributed by atoms with Crippen LogP contribution in [0.15, 0.2) is 64.8 Å². The van der Waals surface area contributed by atoms with Crippen molar-refractivity contribution in [3.8, 4) is 5.75 Å². The zero-order valence-corrected chi connectivity index (χ0v) is 22.4. The Bertz CT molecular complexity index is 1190. The van der Waals surface area contributed by atoms with Crippen molar-refractivity contribution in [2.24, 2.45) is 0 Å². The van der Waals surface area contributed by atoms with Gasteiger partial charge in [-0.2, -0.15) is 0 Å². The molecule has 2 rings (SSSR count). The van der Waals surface area contributed by atoms with Crippen LogP contribution in [0.4, 0.5) is 0 Å². The maximum atomic E-state index is 12.4. The van der Waals surface area contributed by atoms with Gasteiger partial charge in [0.1, 0.15) is 24.0 Å². The molecule has 204 valence electrons. The number of para-hydroxylation sites is 1. The first-order valence-electron chi connectivity index (χ1n) is 11.3. The van der Waals surface area contributed by atoms with Crippen LogP contribution in [0.1, 0.15) is 27.0 Å². The number of esters is 1. The fourth-order valence-electron chi connectivity index (χ4n) is 2.93. The van der Waals surface area contributed by atoms with Crippen LogP contribution in [-0.2, 0) is 30.6 Å². The van der Waals surface area contributed by atoms with E-state index in [0.29, 0.717) is 5.75 Å². The molecule has 1 aromatic heterocycles. The first-order valence-corrected chi connectivity index (χ1v) is 14.0. The molecule has 0 fully saturated rings. The predicted octanol–water partition coefficient (Wildman–Crippen LogP) is 1.21. The molecule has 12 nitrogen and oxygen atoms in total. The highest BCUT2D eigenvalue weighted by atomic mass is 32.5. The van der Waals surface area contributed by atoms with Crippen molar-refractivity contribution in [2.45, 2.75) is 51.4 Å². The Morgan fingerprint density at radius 3 is 2.49 bits per heavy atom. The number of nitrogens with zero attached hydrogens (tertiary/aromatic N) is 1. The first-order chi connectivity index (χ1) is 17.5. The van der Waals surface area contributed by atoms with Crippen LogP contribution >= 0.6 is 6.64 Å². The molecule has 0 bridgehead atoms. The summed E-state index contributed by atoms with van der Waals surface area (Å²) in [6.07, 6.45) is -1.81. The van der Waals surface area contributed by atoms with Gasteiger partial charge in [-0.05, 0) is 44.7 Å². The number of carbonyl (C=O) groups excluding carboxylic acids is 1. The molecule has 0 radical (unpaired) electrons. The molecule has 4 N–H and O–H groups in total. The van der Waals surface area contributed by atoms with Gasteiger partial charge in [0.2, 0.25) is 0 Å². The minimum Gasteiger partial charge on any atom is -0.462 e. The summed E-state index contributed by atoms with van der Waals surface area (Å²) >= 11 is 5.65. The summed E-state index contributed by atoms with van der Waals surface area (Å²) < 4.78 is 23.7. The molecule has 0 aliphatic carbocycles. The van der Waals surface area contributed by atoms with Crippen molar-refractivity contribution >= 4 is 24.4 Å². The lowest BCUT2D eigenvalue weighted by Crippen LogP contribution is -2.41. The minimum absolute atomic E-state index is 0.349. The molecule has 2 unspecified atom stereocenters. The number of rotatable bonds is 15. The van der Waals surface area contributed by atoms with Crippen LogP contribution in [0.3, 0.4) is 0 Å². The van der Waals surface area contributed by atoms with Crippen molar-refractivity contribution in [3.63, 3.8) is 0 Å². The molecular weight excluding hydrogens is 525 g/mol. The third-order valence-electron chi connectivity index (χ3n) is 4.71. The summed E-state index contributed by atoms with van der Waals surface area (Å²) in [7, 11) is 0. The van der Waals surface area contributed by atoms with Gasteiger partial charge in [0.15, 0.2) is 6.23 Å². The molecule has 0 aliphatic heterocycles. The number of hydrogen-bond acceptors (Lipinski definition) is 10.